The van der Waals surface area contributed by atoms with Crippen LogP contribution in [0.2, 0.25) is 18.1 Å². The number of aromatic nitrogens is 2. The third kappa shape index (κ3) is 8.62. The van der Waals surface area contributed by atoms with E-state index in [1.54, 1.807) is 20.0 Å². The SMILES string of the molecule is CC(=O)O[C@@H]1C[C@H]2[C@@H]3CC[C@H]([C@H](C)CCCC(C)C)[C@@]3(C)CC[C@@H]2[C@@]2(C)CC[C@@H]3C[C@]12OP(O[C@H]1C[C@H](n2cc(C)c(=O)[nH]c2=O)O[C@@H]1CO[Si](C)(C)C(C)(C)C)N3C(C)C. The average Bonchev–Trinajstić information content (AvgIpc) is 3.72. The minimum Gasteiger partial charge on any atom is -0.459 e. The van der Waals surface area contributed by atoms with Gasteiger partial charge in [0.1, 0.15) is 24.0 Å². The van der Waals surface area contributed by atoms with E-state index < -0.39 is 52.1 Å². The molecule has 1 aromatic heterocycles. The molecule has 61 heavy (non-hydrogen) atoms. The lowest BCUT2D eigenvalue weighted by Gasteiger charge is -2.70. The number of esters is 1. The van der Waals surface area contributed by atoms with Crippen LogP contribution < -0.4 is 11.2 Å². The molecular weight excluding hydrogens is 806 g/mol. The van der Waals surface area contributed by atoms with Gasteiger partial charge in [0.2, 0.25) is 0 Å². The predicted octanol–water partition coefficient (Wildman–Crippen LogP) is 10.7. The predicted molar refractivity (Wildman–Crippen MR) is 245 cm³/mol. The fourth-order valence-electron chi connectivity index (χ4n) is 13.6. The lowest BCUT2D eigenvalue weighted by molar-refractivity contribution is -0.266. The Labute approximate surface area is 369 Å². The van der Waals surface area contributed by atoms with Gasteiger partial charge in [-0.2, -0.15) is 0 Å². The molecule has 14 atom stereocenters. The Hall–Kier alpha value is -1.40. The van der Waals surface area contributed by atoms with E-state index in [1.807, 2.05) is 0 Å². The first-order valence-electron chi connectivity index (χ1n) is 24.2. The summed E-state index contributed by atoms with van der Waals surface area (Å²) in [5.41, 5.74) is -1.03. The van der Waals surface area contributed by atoms with Crippen LogP contribution in [0.5, 0.6) is 0 Å². The van der Waals surface area contributed by atoms with Gasteiger partial charge in [0.25, 0.3) is 14.1 Å². The highest BCUT2D eigenvalue weighted by Gasteiger charge is 2.72. The zero-order valence-electron chi connectivity index (χ0n) is 40.3. The standard InChI is InChI=1S/C48H82N3O8PSi/c1-29(2)16-15-17-31(5)36-18-19-37-35-24-41(56-33(7)52)48-26-34(20-23-47(48,12)38(35)21-22-46(36,37)11)51(30(3)4)60(59-48)58-39-25-42(50-27-32(6)43(53)49-44(50)54)57-40(39)28-55-61(13,14)45(8,9)10/h27,29-31,34-42H,15-26,28H2,1-14H3,(H,49,53,54)/t31-,34-,35+,36-,37+,38+,39+,40-,41-,42-,46-,47-,48+,60?/m1/s1. The van der Waals surface area contributed by atoms with Crippen molar-refractivity contribution in [1.29, 1.82) is 0 Å². The summed E-state index contributed by atoms with van der Waals surface area (Å²) in [5.74, 6) is 3.58. The highest BCUT2D eigenvalue weighted by molar-refractivity contribution is 7.44. The highest BCUT2D eigenvalue weighted by Crippen LogP contribution is 2.74. The molecule has 4 saturated carbocycles. The maximum atomic E-state index is 13.2. The van der Waals surface area contributed by atoms with Gasteiger partial charge < -0.3 is 22.9 Å². The molecule has 1 N–H and O–H groups in total. The maximum absolute atomic E-state index is 13.2. The molecule has 13 heteroatoms. The fraction of sp³-hybridized carbons (Fsp3) is 0.896. The Kier molecular flexibility index (Phi) is 13.6. The Morgan fingerprint density at radius 2 is 1.74 bits per heavy atom. The number of hydrogen-bond donors (Lipinski definition) is 1. The van der Waals surface area contributed by atoms with E-state index >= 15 is 0 Å². The normalized spacial score (nSPS) is 39.5. The molecule has 346 valence electrons. The minimum atomic E-state index is -2.18. The van der Waals surface area contributed by atoms with Crippen LogP contribution in [0.3, 0.4) is 0 Å². The second kappa shape index (κ2) is 17.4. The molecule has 2 aliphatic heterocycles. The Morgan fingerprint density at radius 1 is 1.02 bits per heavy atom. The molecule has 2 bridgehead atoms. The van der Waals surface area contributed by atoms with Gasteiger partial charge in [-0.25, -0.2) is 9.46 Å². The summed E-state index contributed by atoms with van der Waals surface area (Å²) in [5, 5.41) is -0.00732. The van der Waals surface area contributed by atoms with Gasteiger partial charge in [-0.15, -0.1) is 0 Å². The van der Waals surface area contributed by atoms with Crippen LogP contribution in [0.25, 0.3) is 0 Å². The molecule has 7 rings (SSSR count). The number of hydrogen-bond acceptors (Lipinski definition) is 9. The van der Waals surface area contributed by atoms with Crippen molar-refractivity contribution in [3.05, 3.63) is 32.6 Å². The summed E-state index contributed by atoms with van der Waals surface area (Å²) in [7, 11) is -3.83. The third-order valence-corrected chi connectivity index (χ3v) is 24.5. The lowest BCUT2D eigenvalue weighted by Crippen LogP contribution is -2.72. The molecule has 11 nitrogen and oxygen atoms in total. The zero-order valence-corrected chi connectivity index (χ0v) is 42.2. The molecular formula is C48H82N3O8PSi. The Balaban J connectivity index is 1.20. The van der Waals surface area contributed by atoms with Gasteiger partial charge in [-0.3, -0.25) is 19.1 Å². The number of aryl methyl sites for hydroxylation is 1. The van der Waals surface area contributed by atoms with Crippen molar-refractivity contribution in [2.75, 3.05) is 6.61 Å². The number of ether oxygens (including phenoxy) is 2. The Bertz CT molecular complexity index is 1860. The third-order valence-electron chi connectivity index (χ3n) is 17.9. The summed E-state index contributed by atoms with van der Waals surface area (Å²) in [6, 6.07) is 0.364. The zero-order chi connectivity index (χ0) is 44.6. The highest BCUT2D eigenvalue weighted by atomic mass is 31.2. The second-order valence-corrected chi connectivity index (χ2v) is 29.4. The van der Waals surface area contributed by atoms with E-state index in [0.717, 1.165) is 43.4 Å². The number of nitrogens with one attached hydrogen (secondary N) is 1. The van der Waals surface area contributed by atoms with Crippen molar-refractivity contribution in [2.45, 2.75) is 220 Å². The van der Waals surface area contributed by atoms with Gasteiger partial charge >= 0.3 is 11.7 Å². The molecule has 0 radical (unpaired) electrons. The van der Waals surface area contributed by atoms with E-state index in [9.17, 15) is 14.4 Å². The van der Waals surface area contributed by atoms with Crippen LogP contribution in [-0.4, -0.2) is 71.1 Å². The van der Waals surface area contributed by atoms with Gasteiger partial charge in [-0.05, 0) is 131 Å². The summed E-state index contributed by atoms with van der Waals surface area (Å²) >= 11 is 0. The topological polar surface area (TPSA) is 121 Å². The van der Waals surface area contributed by atoms with E-state index in [0.29, 0.717) is 41.8 Å². The maximum Gasteiger partial charge on any atom is 0.330 e. The molecule has 0 amide bonds. The van der Waals surface area contributed by atoms with Crippen LogP contribution in [0.1, 0.15) is 165 Å². The number of nitrogens with zero attached hydrogens (tertiary/aromatic N) is 2. The quantitative estimate of drug-likeness (QED) is 0.117. The molecule has 6 fully saturated rings. The summed E-state index contributed by atoms with van der Waals surface area (Å²) in [6.07, 6.45) is 12.8. The minimum absolute atomic E-state index is 0.00732. The fourth-order valence-corrected chi connectivity index (χ4v) is 16.8. The van der Waals surface area contributed by atoms with Crippen LogP contribution in [0.4, 0.5) is 0 Å². The van der Waals surface area contributed by atoms with E-state index in [-0.39, 0.29) is 34.6 Å². The van der Waals surface area contributed by atoms with Crippen molar-refractivity contribution in [3.8, 4) is 0 Å². The first-order chi connectivity index (χ1) is 28.4. The number of aromatic amines is 1. The summed E-state index contributed by atoms with van der Waals surface area (Å²) in [4.78, 5) is 41.3. The largest absolute Gasteiger partial charge is 0.459 e. The van der Waals surface area contributed by atoms with E-state index in [2.05, 4.69) is 92.0 Å². The molecule has 0 aromatic carbocycles. The molecule has 1 spiro atoms. The average molecular weight is 888 g/mol. The monoisotopic (exact) mass is 888 g/mol. The van der Waals surface area contributed by atoms with Crippen molar-refractivity contribution in [1.82, 2.24) is 14.2 Å². The number of H-pyrrole nitrogens is 1. The van der Waals surface area contributed by atoms with Gasteiger partial charge in [0.15, 0.2) is 8.32 Å². The van der Waals surface area contributed by atoms with Gasteiger partial charge in [-0.1, -0.05) is 74.7 Å². The van der Waals surface area contributed by atoms with Crippen LogP contribution in [0, 0.1) is 53.3 Å². The smallest absolute Gasteiger partial charge is 0.330 e. The van der Waals surface area contributed by atoms with Crippen LogP contribution >= 0.6 is 8.53 Å². The molecule has 6 aliphatic rings. The molecule has 3 heterocycles. The van der Waals surface area contributed by atoms with Crippen molar-refractivity contribution < 1.29 is 27.7 Å². The van der Waals surface area contributed by atoms with Crippen molar-refractivity contribution in [2.24, 2.45) is 46.3 Å². The number of rotatable bonds is 13. The summed E-state index contributed by atoms with van der Waals surface area (Å²) in [6.45, 7) is 31.5. The van der Waals surface area contributed by atoms with E-state index in [4.69, 9.17) is 22.9 Å². The lowest BCUT2D eigenvalue weighted by atomic mass is 9.42. The molecule has 4 aliphatic carbocycles. The van der Waals surface area contributed by atoms with Gasteiger partial charge in [0, 0.05) is 42.6 Å². The number of fused-ring (bicyclic) bond motifs is 5. The molecule has 1 aromatic rings. The van der Waals surface area contributed by atoms with Crippen molar-refractivity contribution >= 4 is 22.8 Å². The summed E-state index contributed by atoms with van der Waals surface area (Å²) < 4.78 is 39.2. The molecule has 2 saturated heterocycles. The van der Waals surface area contributed by atoms with E-state index in [1.165, 1.54) is 49.5 Å². The van der Waals surface area contributed by atoms with Crippen LogP contribution in [-0.2, 0) is 27.7 Å². The molecule has 1 unspecified atom stereocenters. The second-order valence-electron chi connectivity index (χ2n) is 23.3. The first-order valence-corrected chi connectivity index (χ1v) is 28.2. The van der Waals surface area contributed by atoms with Crippen molar-refractivity contribution in [3.63, 3.8) is 0 Å². The van der Waals surface area contributed by atoms with Crippen LogP contribution in [0.15, 0.2) is 15.8 Å². The number of carbonyl (C=O) groups is 1. The van der Waals surface area contributed by atoms with Gasteiger partial charge in [0.05, 0.1) is 12.7 Å². The first kappa shape index (κ1) is 47.6. The number of carbonyl (C=O) groups excluding carboxylic acids is 1. The Morgan fingerprint density at radius 3 is 2.39 bits per heavy atom.